The van der Waals surface area contributed by atoms with Gasteiger partial charge in [-0.25, -0.2) is 0 Å². The summed E-state index contributed by atoms with van der Waals surface area (Å²) in [7, 11) is 1.06. The molecule has 10 aliphatic heterocycles. The Morgan fingerprint density at radius 1 is 0.320 bits per heavy atom. The molecule has 10 heterocycles. The third-order valence-electron chi connectivity index (χ3n) is 21.9. The summed E-state index contributed by atoms with van der Waals surface area (Å²) in [4.78, 5) is 97.4. The Hall–Kier alpha value is -6.13. The highest BCUT2D eigenvalue weighted by molar-refractivity contribution is 5.82. The van der Waals surface area contributed by atoms with Crippen LogP contribution in [0.3, 0.4) is 0 Å². The molecular weight excluding hydrogens is 1780 g/mol. The van der Waals surface area contributed by atoms with Gasteiger partial charge in [0.1, 0.15) is 165 Å². The van der Waals surface area contributed by atoms with Crippen molar-refractivity contribution >= 4 is 50.1 Å². The van der Waals surface area contributed by atoms with E-state index in [1.54, 1.807) is 0 Å². The van der Waals surface area contributed by atoms with Crippen molar-refractivity contribution in [1.29, 1.82) is 0 Å². The predicted octanol–water partition coefficient (Wildman–Crippen LogP) is -19.5. The molecular formula is C67H102F3N5O53. The molecule has 0 spiro atoms. The molecule has 0 aromatic carbocycles. The molecule has 10 fully saturated rings. The van der Waals surface area contributed by atoms with Crippen molar-refractivity contribution in [3.8, 4) is 0 Å². The topological polar surface area (TPSA) is 860 Å². The van der Waals surface area contributed by atoms with E-state index in [4.69, 9.17) is 130 Å². The van der Waals surface area contributed by atoms with E-state index in [-0.39, 0.29) is 32.4 Å². The molecule has 19 unspecified atom stereocenters. The molecule has 3 amide bonds. The van der Waals surface area contributed by atoms with E-state index >= 15 is 0 Å². The minimum Gasteiger partial charge on any atom is -0.435 e. The first-order valence-corrected chi connectivity index (χ1v) is 38.8. The normalized spacial score (nSPS) is 47.2. The number of aliphatic hydroxyl groups is 20. The van der Waals surface area contributed by atoms with E-state index in [9.17, 15) is 154 Å². The van der Waals surface area contributed by atoms with Crippen LogP contribution in [0.25, 0.3) is 0 Å². The van der Waals surface area contributed by atoms with Gasteiger partial charge in [-0.15, -0.1) is 0 Å². The highest BCUT2D eigenvalue weighted by atomic mass is 19.4. The first kappa shape index (κ1) is 104. The number of nitrogens with one attached hydrogen (secondary N) is 3. The second-order valence-corrected chi connectivity index (χ2v) is 30.1. The second-order valence-electron chi connectivity index (χ2n) is 30.1. The first-order chi connectivity index (χ1) is 60.7. The number of ether oxygens (including phenoxy) is 25. The molecule has 0 saturated carbocycles. The maximum atomic E-state index is 13.4. The van der Waals surface area contributed by atoms with Crippen LogP contribution in [0.2, 0.25) is 0 Å². The van der Waals surface area contributed by atoms with Crippen LogP contribution in [-0.4, -0.2) is 500 Å². The molecule has 27 N–H and O–H groups in total. The van der Waals surface area contributed by atoms with Crippen molar-refractivity contribution in [3.05, 3.63) is 0 Å². The highest BCUT2D eigenvalue weighted by Gasteiger charge is 2.63. The number of nitrogens with two attached hydrogens (primary N) is 2. The molecule has 0 aromatic rings. The number of rotatable bonds is 37. The number of methoxy groups -OCH3 is 1. The average molecular weight is 1880 g/mol. The van der Waals surface area contributed by atoms with Crippen molar-refractivity contribution in [2.75, 3.05) is 40.1 Å². The monoisotopic (exact) mass is 1880 g/mol. The van der Waals surface area contributed by atoms with E-state index in [1.807, 2.05) is 0 Å². The minimum atomic E-state index is -5.61. The number of alkyl halides is 3. The highest BCUT2D eigenvalue weighted by Crippen LogP contribution is 2.41. The molecule has 0 aliphatic carbocycles. The summed E-state index contributed by atoms with van der Waals surface area (Å²) >= 11 is 0. The second kappa shape index (κ2) is 45.7. The smallest absolute Gasteiger partial charge is 0.435 e. The quantitative estimate of drug-likeness (QED) is 0.0203. The van der Waals surface area contributed by atoms with Gasteiger partial charge in [0.15, 0.2) is 87.3 Å². The summed E-state index contributed by atoms with van der Waals surface area (Å²) in [5.41, 5.74) is 12.7. The summed E-state index contributed by atoms with van der Waals surface area (Å²) in [6.07, 6.45) is -99.8. The van der Waals surface area contributed by atoms with E-state index in [0.717, 1.165) is 21.0 Å². The lowest BCUT2D eigenvalue weighted by molar-refractivity contribution is -0.405. The number of hydrogen-bond donors (Lipinski definition) is 25. The van der Waals surface area contributed by atoms with Crippen molar-refractivity contribution in [2.24, 2.45) is 11.5 Å². The largest absolute Gasteiger partial charge is 0.471 e. The summed E-state index contributed by atoms with van der Waals surface area (Å²) < 4.78 is 179. The van der Waals surface area contributed by atoms with Gasteiger partial charge in [-0.1, -0.05) is 0 Å². The summed E-state index contributed by atoms with van der Waals surface area (Å²) in [6, 6.07) is -10.0. The number of aliphatic hydroxyl groups excluding tert-OH is 20. The number of carbonyl (C=O) groups is 8. The summed E-state index contributed by atoms with van der Waals surface area (Å²) in [5.74, 6) is -4.63. The van der Waals surface area contributed by atoms with E-state index < -0.39 is 365 Å². The lowest BCUT2D eigenvalue weighted by Gasteiger charge is -2.50. The Labute approximate surface area is 716 Å². The summed E-state index contributed by atoms with van der Waals surface area (Å²) in [6.45, 7) is -5.06. The molecule has 10 saturated heterocycles. The molecule has 10 rings (SSSR count). The zero-order chi connectivity index (χ0) is 94.1. The standard InChI is InChI=1S/C67H102F3N5O53/c1-15(86)73-27-46(30(90)19(6-77)111-55(27)123-49-35(95)39(99)57(104-3)125-62(49)106-11-82)120-60-42(102)38(98)51(65(128-60)109-14-85)124-56-28(74-16(2)87)47(31(91)20(7-78)112-56)119-59-41(101)36(96)48(63(127-59)107-12-83)121-53-24(71)32(92)44(21(8-79)113-53)115-23-4-17(88)43(61(116-23)105-10-81)117-52-25(72)33(93)45(22(9-80)114-52)118-58-40(100)37(97)50(64(126-58)108-13-84)122-54-26(75-66(103)67(68,69)70)34(94)29(89)18(5-76)110-54/h10-14,17-65,76-80,88-102H,4-9,71-72H2,1-3H3,(H,73,86)(H,74,87)(H,75,103)/t17-,18?,19?,20?,21?,22?,23+,24?,25?,26?,27?,28?,29+,30-,31-,32+,33+,34+,35+,36+,37+,38+,39?,40?,41?,42?,43-,44+,45+,46+,47+,48-,49-,50-,51-,52-,53+,54+,55-,56-,57+,58+,59+,60+,61?,62?,63?,64?,65?/m0/s1. The maximum absolute atomic E-state index is 13.4. The van der Waals surface area contributed by atoms with Gasteiger partial charge in [-0.2, -0.15) is 13.2 Å². The van der Waals surface area contributed by atoms with Gasteiger partial charge < -0.3 is 248 Å². The lowest BCUT2D eigenvalue weighted by Crippen LogP contribution is -2.71. The number of amides is 3. The third kappa shape index (κ3) is 23.1. The first-order valence-electron chi connectivity index (χ1n) is 38.8. The van der Waals surface area contributed by atoms with Gasteiger partial charge in [0.25, 0.3) is 32.4 Å². The van der Waals surface area contributed by atoms with Gasteiger partial charge >= 0.3 is 12.1 Å². The predicted molar refractivity (Wildman–Crippen MR) is 373 cm³/mol. The van der Waals surface area contributed by atoms with Crippen LogP contribution in [0.4, 0.5) is 13.2 Å². The molecule has 0 aromatic heterocycles. The molecule has 49 atom stereocenters. The number of hydrogen-bond acceptors (Lipinski definition) is 55. The van der Waals surface area contributed by atoms with Crippen molar-refractivity contribution in [3.63, 3.8) is 0 Å². The number of halogens is 3. The SMILES string of the molecule is CO[C@@H]1OC(OC=O)[C@@H](O[C@@H]2OC(CO)[C@H](O)[C@H](O[C@@H]3OC(OC=O)[C@@H](O[C@@H]4OC(CO)[C@H](O)[C@H](O[C@@H]5OC(OC=O)[C@@H](O[C@H]6OC(CO)[C@@H](O[C@H]7C[C@H](O)[C@H](O[C@@H]8OC(CO)[C@@H](O[C@@H]9OC(OC=O)[C@@H](O[C@H]%10OC(CO)[C@@H](O)[C@H](O)C%10NC(=O)C(F)(F)F)[C@H](O)C9O)[C@H](O)C8N)C(OC=O)O7)[C@H](O)C6N)[C@H](O)C5O)C4NC(C)=O)[C@H](O)C3O)C2NC(C)=O)[C@H](O)C1O. The molecule has 734 valence electrons. The fourth-order valence-corrected chi connectivity index (χ4v) is 15.4. The summed E-state index contributed by atoms with van der Waals surface area (Å²) in [5, 5.41) is 229. The van der Waals surface area contributed by atoms with Gasteiger partial charge in [-0.3, -0.25) is 38.4 Å². The van der Waals surface area contributed by atoms with Crippen LogP contribution in [0.5, 0.6) is 0 Å². The molecule has 58 nitrogen and oxygen atoms in total. The van der Waals surface area contributed by atoms with Crippen molar-refractivity contribution in [2.45, 2.75) is 328 Å². The molecule has 61 heteroatoms. The zero-order valence-electron chi connectivity index (χ0n) is 66.6. The van der Waals surface area contributed by atoms with Gasteiger partial charge in [0, 0.05) is 27.4 Å². The lowest BCUT2D eigenvalue weighted by atomic mass is 9.94. The Balaban J connectivity index is 0.768. The fraction of sp³-hybridized carbons (Fsp3) is 0.881. The Bertz CT molecular complexity index is 3560. The van der Waals surface area contributed by atoms with E-state index in [1.165, 1.54) is 5.32 Å². The van der Waals surface area contributed by atoms with Crippen LogP contribution >= 0.6 is 0 Å². The Morgan fingerprint density at radius 3 is 0.945 bits per heavy atom. The fourth-order valence-electron chi connectivity index (χ4n) is 15.4. The van der Waals surface area contributed by atoms with Crippen molar-refractivity contribution in [1.82, 2.24) is 16.0 Å². The van der Waals surface area contributed by atoms with Gasteiger partial charge in [0.2, 0.25) is 43.3 Å². The van der Waals surface area contributed by atoms with Crippen LogP contribution in [0.15, 0.2) is 0 Å². The number of carbonyl (C=O) groups excluding carboxylic acids is 8. The van der Waals surface area contributed by atoms with E-state index in [0.29, 0.717) is 0 Å². The molecule has 10 aliphatic rings. The van der Waals surface area contributed by atoms with Crippen LogP contribution in [0.1, 0.15) is 20.3 Å². The Kier molecular flexibility index (Phi) is 37.1. The third-order valence-corrected chi connectivity index (χ3v) is 21.9. The average Bonchev–Trinajstić information content (AvgIpc) is 0.766. The van der Waals surface area contributed by atoms with E-state index in [2.05, 4.69) is 10.6 Å². The Morgan fingerprint density at radius 2 is 0.609 bits per heavy atom. The molecule has 128 heavy (non-hydrogen) atoms. The van der Waals surface area contributed by atoms with Gasteiger partial charge in [0.05, 0.1) is 51.2 Å². The molecule has 0 radical (unpaired) electrons. The van der Waals surface area contributed by atoms with Gasteiger partial charge in [-0.05, 0) is 0 Å². The van der Waals surface area contributed by atoms with Crippen LogP contribution in [-0.2, 0) is 157 Å². The van der Waals surface area contributed by atoms with Crippen LogP contribution in [0, 0.1) is 0 Å². The maximum Gasteiger partial charge on any atom is 0.471 e. The molecule has 0 bridgehead atoms. The zero-order valence-corrected chi connectivity index (χ0v) is 66.6. The minimum absolute atomic E-state index is 0.129. The van der Waals surface area contributed by atoms with Crippen molar-refractivity contribution < 1.29 is 272 Å². The van der Waals surface area contributed by atoms with Crippen LogP contribution < -0.4 is 27.4 Å².